The molecule has 1 amide bonds. The second-order valence-electron chi connectivity index (χ2n) is 5.56. The van der Waals surface area contributed by atoms with Gasteiger partial charge in [-0.15, -0.1) is 0 Å². The molecule has 7 heteroatoms. The van der Waals surface area contributed by atoms with Gasteiger partial charge in [-0.3, -0.25) is 4.79 Å². The van der Waals surface area contributed by atoms with Gasteiger partial charge in [0.05, 0.1) is 33.8 Å². The summed E-state index contributed by atoms with van der Waals surface area (Å²) in [7, 11) is 4.48. The Morgan fingerprint density at radius 1 is 1.12 bits per heavy atom. The van der Waals surface area contributed by atoms with Gasteiger partial charge < -0.3 is 19.5 Å². The van der Waals surface area contributed by atoms with E-state index in [1.54, 1.807) is 6.07 Å². The maximum absolute atomic E-state index is 14.4. The lowest BCUT2D eigenvalue weighted by Crippen LogP contribution is -2.36. The molecule has 132 valence electrons. The van der Waals surface area contributed by atoms with Crippen LogP contribution in [0.15, 0.2) is 24.3 Å². The molecule has 0 saturated carbocycles. The van der Waals surface area contributed by atoms with Crippen LogP contribution in [0, 0.1) is 5.82 Å². The van der Waals surface area contributed by atoms with E-state index in [1.165, 1.54) is 39.5 Å². The van der Waals surface area contributed by atoms with E-state index in [-0.39, 0.29) is 17.9 Å². The maximum atomic E-state index is 14.4. The second kappa shape index (κ2) is 6.80. The maximum Gasteiger partial charge on any atom is 0.225 e. The van der Waals surface area contributed by atoms with Crippen molar-refractivity contribution in [3.8, 4) is 17.2 Å². The van der Waals surface area contributed by atoms with Crippen LogP contribution in [0.3, 0.4) is 0 Å². The predicted molar refractivity (Wildman–Crippen MR) is 91.2 cm³/mol. The first kappa shape index (κ1) is 17.4. The number of carbonyl (C=O) groups is 1. The Morgan fingerprint density at radius 3 is 2.48 bits per heavy atom. The summed E-state index contributed by atoms with van der Waals surface area (Å²) < 4.78 is 30.7. The van der Waals surface area contributed by atoms with Crippen molar-refractivity contribution >= 4 is 17.5 Å². The normalized spacial score (nSPS) is 16.0. The molecule has 0 saturated heterocycles. The number of amides is 1. The first-order valence-electron chi connectivity index (χ1n) is 7.56. The molecule has 1 atom stereocenters. The van der Waals surface area contributed by atoms with Crippen molar-refractivity contribution < 1.29 is 23.4 Å². The van der Waals surface area contributed by atoms with Crippen molar-refractivity contribution in [3.05, 3.63) is 51.8 Å². The quantitative estimate of drug-likeness (QED) is 0.903. The molecule has 2 aromatic rings. The zero-order chi connectivity index (χ0) is 18.1. The highest BCUT2D eigenvalue weighted by Crippen LogP contribution is 2.47. The standard InChI is InChI=1S/C18H17ClFNO4/c1-23-13-6-9-7-14(22)21-16(11-8-10(19)4-5-12(11)20)15(9)18(25-3)17(13)24-2/h4-6,8,16H,7H2,1-3H3,(H,21,22). The van der Waals surface area contributed by atoms with Gasteiger partial charge in [0, 0.05) is 16.1 Å². The Balaban J connectivity index is 2.29. The van der Waals surface area contributed by atoms with Gasteiger partial charge in [-0.25, -0.2) is 4.39 Å². The van der Waals surface area contributed by atoms with Crippen LogP contribution < -0.4 is 19.5 Å². The smallest absolute Gasteiger partial charge is 0.225 e. The van der Waals surface area contributed by atoms with Crippen LogP contribution in [0.1, 0.15) is 22.7 Å². The highest BCUT2D eigenvalue weighted by atomic mass is 35.5. The fourth-order valence-electron chi connectivity index (χ4n) is 3.12. The number of methoxy groups -OCH3 is 3. The summed E-state index contributed by atoms with van der Waals surface area (Å²) in [5, 5.41) is 3.18. The molecule has 0 bridgehead atoms. The molecule has 0 fully saturated rings. The molecule has 3 rings (SSSR count). The summed E-state index contributed by atoms with van der Waals surface area (Å²) in [5.41, 5.74) is 1.57. The van der Waals surface area contributed by atoms with Crippen molar-refractivity contribution in [3.63, 3.8) is 0 Å². The topological polar surface area (TPSA) is 56.8 Å². The highest BCUT2D eigenvalue weighted by Gasteiger charge is 2.34. The number of hydrogen-bond acceptors (Lipinski definition) is 4. The van der Waals surface area contributed by atoms with E-state index in [1.807, 2.05) is 0 Å². The molecule has 25 heavy (non-hydrogen) atoms. The largest absolute Gasteiger partial charge is 0.493 e. The Bertz CT molecular complexity index is 840. The van der Waals surface area contributed by atoms with Gasteiger partial charge in [0.15, 0.2) is 11.5 Å². The SMILES string of the molecule is COc1cc2c(c(OC)c1OC)C(c1cc(Cl)ccc1F)NC(=O)C2. The molecular weight excluding hydrogens is 349 g/mol. The number of benzene rings is 2. The minimum atomic E-state index is -0.746. The van der Waals surface area contributed by atoms with Crippen molar-refractivity contribution in [2.45, 2.75) is 12.5 Å². The third kappa shape index (κ3) is 2.98. The highest BCUT2D eigenvalue weighted by molar-refractivity contribution is 6.30. The summed E-state index contributed by atoms with van der Waals surface area (Å²) in [6.07, 6.45) is 0.130. The van der Waals surface area contributed by atoms with Crippen LogP contribution in [0.2, 0.25) is 5.02 Å². The Hall–Kier alpha value is -2.47. The third-order valence-corrected chi connectivity index (χ3v) is 4.40. The van der Waals surface area contributed by atoms with Gasteiger partial charge in [0.2, 0.25) is 11.7 Å². The third-order valence-electron chi connectivity index (χ3n) is 4.17. The number of carbonyl (C=O) groups excluding carboxylic acids is 1. The van der Waals surface area contributed by atoms with Crippen LogP contribution in [0.25, 0.3) is 0 Å². The van der Waals surface area contributed by atoms with Crippen molar-refractivity contribution in [1.29, 1.82) is 0 Å². The minimum absolute atomic E-state index is 0.130. The van der Waals surface area contributed by atoms with Gasteiger partial charge >= 0.3 is 0 Å². The molecule has 1 heterocycles. The number of hydrogen-bond donors (Lipinski definition) is 1. The second-order valence-corrected chi connectivity index (χ2v) is 6.00. The average molecular weight is 366 g/mol. The van der Waals surface area contributed by atoms with Crippen LogP contribution in [0.5, 0.6) is 17.2 Å². The predicted octanol–water partition coefficient (Wildman–Crippen LogP) is 3.27. The molecular formula is C18H17ClFNO4. The zero-order valence-electron chi connectivity index (χ0n) is 14.0. The molecule has 0 aliphatic carbocycles. The van der Waals surface area contributed by atoms with Gasteiger partial charge in [-0.05, 0) is 29.8 Å². The molecule has 1 aliphatic heterocycles. The van der Waals surface area contributed by atoms with E-state index in [0.717, 1.165) is 0 Å². The van der Waals surface area contributed by atoms with Crippen LogP contribution in [-0.2, 0) is 11.2 Å². The number of rotatable bonds is 4. The number of fused-ring (bicyclic) bond motifs is 1. The van der Waals surface area contributed by atoms with Crippen LogP contribution >= 0.6 is 11.6 Å². The molecule has 1 aliphatic rings. The fraction of sp³-hybridized carbons (Fsp3) is 0.278. The average Bonchev–Trinajstić information content (AvgIpc) is 2.61. The number of nitrogens with one attached hydrogen (secondary N) is 1. The van der Waals surface area contributed by atoms with Gasteiger partial charge in [-0.2, -0.15) is 0 Å². The minimum Gasteiger partial charge on any atom is -0.493 e. The fourth-order valence-corrected chi connectivity index (χ4v) is 3.30. The van der Waals surface area contributed by atoms with E-state index in [9.17, 15) is 9.18 Å². The Morgan fingerprint density at radius 2 is 1.84 bits per heavy atom. The molecule has 0 aromatic heterocycles. The number of halogens is 2. The van der Waals surface area contributed by atoms with E-state index in [4.69, 9.17) is 25.8 Å². The van der Waals surface area contributed by atoms with Gasteiger partial charge in [-0.1, -0.05) is 11.6 Å². The first-order valence-corrected chi connectivity index (χ1v) is 7.94. The van der Waals surface area contributed by atoms with Crippen molar-refractivity contribution in [2.75, 3.05) is 21.3 Å². The Kier molecular flexibility index (Phi) is 4.72. The summed E-state index contributed by atoms with van der Waals surface area (Å²) in [6, 6.07) is 5.19. The van der Waals surface area contributed by atoms with E-state index in [0.29, 0.717) is 33.4 Å². The summed E-state index contributed by atoms with van der Waals surface area (Å²) in [5.74, 6) is 0.511. The van der Waals surface area contributed by atoms with E-state index in [2.05, 4.69) is 5.32 Å². The lowest BCUT2D eigenvalue weighted by atomic mass is 9.87. The van der Waals surface area contributed by atoms with Crippen molar-refractivity contribution in [2.24, 2.45) is 0 Å². The summed E-state index contributed by atoms with van der Waals surface area (Å²) in [4.78, 5) is 12.2. The molecule has 1 unspecified atom stereocenters. The summed E-state index contributed by atoms with van der Waals surface area (Å²) in [6.45, 7) is 0. The Labute approximate surface area is 149 Å². The van der Waals surface area contributed by atoms with Gasteiger partial charge in [0.1, 0.15) is 5.82 Å². The monoisotopic (exact) mass is 365 g/mol. The van der Waals surface area contributed by atoms with Crippen LogP contribution in [-0.4, -0.2) is 27.2 Å². The van der Waals surface area contributed by atoms with Crippen molar-refractivity contribution in [1.82, 2.24) is 5.32 Å². The molecule has 2 aromatic carbocycles. The lowest BCUT2D eigenvalue weighted by molar-refractivity contribution is -0.121. The van der Waals surface area contributed by atoms with Gasteiger partial charge in [0.25, 0.3) is 0 Å². The van der Waals surface area contributed by atoms with E-state index < -0.39 is 11.9 Å². The van der Waals surface area contributed by atoms with E-state index >= 15 is 0 Å². The van der Waals surface area contributed by atoms with Crippen LogP contribution in [0.4, 0.5) is 4.39 Å². The molecule has 5 nitrogen and oxygen atoms in total. The molecule has 0 radical (unpaired) electrons. The lowest BCUT2D eigenvalue weighted by Gasteiger charge is -2.30. The first-order chi connectivity index (χ1) is 12.0. The number of ether oxygens (including phenoxy) is 3. The molecule has 1 N–H and O–H groups in total. The molecule has 0 spiro atoms. The summed E-state index contributed by atoms with van der Waals surface area (Å²) >= 11 is 6.02. The zero-order valence-corrected chi connectivity index (χ0v) is 14.7.